The van der Waals surface area contributed by atoms with Crippen molar-refractivity contribution in [2.24, 2.45) is 0 Å². The van der Waals surface area contributed by atoms with E-state index >= 15 is 0 Å². The average Bonchev–Trinajstić information content (AvgIpc) is 3.01. The lowest BCUT2D eigenvalue weighted by molar-refractivity contribution is 0.613. The van der Waals surface area contributed by atoms with Crippen LogP contribution in [0.3, 0.4) is 0 Å². The van der Waals surface area contributed by atoms with E-state index in [-0.39, 0.29) is 5.82 Å². The fraction of sp³-hybridized carbons (Fsp3) is 0.0625. The molecule has 2 aromatic carbocycles. The lowest BCUT2D eigenvalue weighted by atomic mass is 10.2. The Labute approximate surface area is 127 Å². The topological polar surface area (TPSA) is 29.9 Å². The predicted octanol–water partition coefficient (Wildman–Crippen LogP) is 4.28. The minimum atomic E-state index is -0.303. The molecule has 106 valence electrons. The third-order valence-electron chi connectivity index (χ3n) is 3.13. The van der Waals surface area contributed by atoms with Crippen LogP contribution in [0.25, 0.3) is 5.69 Å². The zero-order valence-corrected chi connectivity index (χ0v) is 11.9. The van der Waals surface area contributed by atoms with Crippen LogP contribution in [-0.4, -0.2) is 9.78 Å². The van der Waals surface area contributed by atoms with Gasteiger partial charge in [0.05, 0.1) is 5.69 Å². The van der Waals surface area contributed by atoms with Crippen molar-refractivity contribution in [3.63, 3.8) is 0 Å². The molecule has 0 bridgehead atoms. The summed E-state index contributed by atoms with van der Waals surface area (Å²) in [5.74, 6) is -0.303. The van der Waals surface area contributed by atoms with E-state index < -0.39 is 0 Å². The average molecular weight is 302 g/mol. The minimum Gasteiger partial charge on any atom is -0.381 e. The third kappa shape index (κ3) is 3.23. The van der Waals surface area contributed by atoms with Crippen molar-refractivity contribution in [1.82, 2.24) is 9.78 Å². The number of hydrogen-bond donors (Lipinski definition) is 1. The molecule has 0 saturated heterocycles. The Kier molecular flexibility index (Phi) is 3.88. The van der Waals surface area contributed by atoms with Crippen molar-refractivity contribution >= 4 is 17.3 Å². The molecule has 0 unspecified atom stereocenters. The maximum Gasteiger partial charge on any atom is 0.129 e. The van der Waals surface area contributed by atoms with Gasteiger partial charge in [0.2, 0.25) is 0 Å². The molecule has 0 atom stereocenters. The molecule has 1 N–H and O–H groups in total. The number of halogens is 2. The van der Waals surface area contributed by atoms with E-state index in [1.54, 1.807) is 23.0 Å². The van der Waals surface area contributed by atoms with Crippen molar-refractivity contribution in [2.75, 3.05) is 5.32 Å². The lowest BCUT2D eigenvalue weighted by Crippen LogP contribution is -2.02. The second kappa shape index (κ2) is 5.97. The van der Waals surface area contributed by atoms with E-state index in [0.717, 1.165) is 11.4 Å². The normalized spacial score (nSPS) is 10.6. The highest BCUT2D eigenvalue weighted by atomic mass is 35.5. The summed E-state index contributed by atoms with van der Waals surface area (Å²) in [6, 6.07) is 14.3. The van der Waals surface area contributed by atoms with Gasteiger partial charge in [0, 0.05) is 35.2 Å². The van der Waals surface area contributed by atoms with Crippen molar-refractivity contribution in [3.05, 3.63) is 77.3 Å². The summed E-state index contributed by atoms with van der Waals surface area (Å²) < 4.78 is 15.4. The van der Waals surface area contributed by atoms with E-state index in [1.165, 1.54) is 6.07 Å². The van der Waals surface area contributed by atoms with E-state index in [9.17, 15) is 4.39 Å². The van der Waals surface area contributed by atoms with Crippen LogP contribution in [0.5, 0.6) is 0 Å². The Bertz CT molecular complexity index is 724. The third-order valence-corrected chi connectivity index (χ3v) is 3.37. The van der Waals surface area contributed by atoms with Crippen LogP contribution >= 0.6 is 11.6 Å². The fourth-order valence-electron chi connectivity index (χ4n) is 2.02. The molecule has 0 aliphatic carbocycles. The van der Waals surface area contributed by atoms with Gasteiger partial charge in [-0.3, -0.25) is 0 Å². The quantitative estimate of drug-likeness (QED) is 0.779. The van der Waals surface area contributed by atoms with Gasteiger partial charge in [-0.25, -0.2) is 9.07 Å². The van der Waals surface area contributed by atoms with Gasteiger partial charge in [-0.1, -0.05) is 17.7 Å². The van der Waals surface area contributed by atoms with Gasteiger partial charge in [-0.05, 0) is 42.5 Å². The molecule has 3 nitrogen and oxygen atoms in total. The summed E-state index contributed by atoms with van der Waals surface area (Å²) in [5.41, 5.74) is 2.47. The summed E-state index contributed by atoms with van der Waals surface area (Å²) in [4.78, 5) is 0. The molecule has 3 aromatic rings. The molecule has 1 heterocycles. The molecule has 0 aliphatic rings. The van der Waals surface area contributed by atoms with Gasteiger partial charge in [-0.2, -0.15) is 5.10 Å². The highest BCUT2D eigenvalue weighted by Gasteiger charge is 2.03. The first-order valence-corrected chi connectivity index (χ1v) is 6.88. The SMILES string of the molecule is Fc1cc(Cl)ccc1CNc1ccc(-n2cccn2)cc1. The lowest BCUT2D eigenvalue weighted by Gasteiger charge is -2.09. The van der Waals surface area contributed by atoms with Crippen LogP contribution in [0.4, 0.5) is 10.1 Å². The Morgan fingerprint density at radius 2 is 1.95 bits per heavy atom. The second-order valence-corrected chi connectivity index (χ2v) is 5.02. The van der Waals surface area contributed by atoms with E-state index in [0.29, 0.717) is 17.1 Å². The summed E-state index contributed by atoms with van der Waals surface area (Å²) in [6.45, 7) is 0.407. The molecule has 5 heteroatoms. The number of hydrogen-bond acceptors (Lipinski definition) is 2. The Balaban J connectivity index is 1.68. The molecular weight excluding hydrogens is 289 g/mol. The van der Waals surface area contributed by atoms with Gasteiger partial charge >= 0.3 is 0 Å². The largest absolute Gasteiger partial charge is 0.381 e. The molecule has 0 spiro atoms. The van der Waals surface area contributed by atoms with Crippen LogP contribution in [0.15, 0.2) is 60.9 Å². The van der Waals surface area contributed by atoms with Crippen LogP contribution in [0.1, 0.15) is 5.56 Å². The van der Waals surface area contributed by atoms with Crippen LogP contribution in [0, 0.1) is 5.82 Å². The predicted molar refractivity (Wildman–Crippen MR) is 82.3 cm³/mol. The fourth-order valence-corrected chi connectivity index (χ4v) is 2.17. The van der Waals surface area contributed by atoms with Gasteiger partial charge in [-0.15, -0.1) is 0 Å². The summed E-state index contributed by atoms with van der Waals surface area (Å²) >= 11 is 5.73. The molecule has 1 aromatic heterocycles. The van der Waals surface area contributed by atoms with Crippen molar-refractivity contribution in [1.29, 1.82) is 0 Å². The number of nitrogens with one attached hydrogen (secondary N) is 1. The number of aromatic nitrogens is 2. The number of rotatable bonds is 4. The van der Waals surface area contributed by atoms with E-state index in [1.807, 2.05) is 36.5 Å². The molecule has 0 aliphatic heterocycles. The van der Waals surface area contributed by atoms with Crippen molar-refractivity contribution in [2.45, 2.75) is 6.54 Å². The van der Waals surface area contributed by atoms with Gasteiger partial charge < -0.3 is 5.32 Å². The molecule has 0 amide bonds. The smallest absolute Gasteiger partial charge is 0.129 e. The monoisotopic (exact) mass is 301 g/mol. The van der Waals surface area contributed by atoms with E-state index in [2.05, 4.69) is 10.4 Å². The molecule has 0 radical (unpaired) electrons. The van der Waals surface area contributed by atoms with Gasteiger partial charge in [0.1, 0.15) is 5.82 Å². The van der Waals surface area contributed by atoms with Crippen LogP contribution in [-0.2, 0) is 6.54 Å². The molecule has 0 saturated carbocycles. The Hall–Kier alpha value is -2.33. The first-order chi connectivity index (χ1) is 10.2. The zero-order chi connectivity index (χ0) is 14.7. The second-order valence-electron chi connectivity index (χ2n) is 4.59. The molecular formula is C16H13ClFN3. The number of anilines is 1. The highest BCUT2D eigenvalue weighted by Crippen LogP contribution is 2.17. The number of nitrogens with zero attached hydrogens (tertiary/aromatic N) is 2. The summed E-state index contributed by atoms with van der Waals surface area (Å²) in [5, 5.41) is 7.75. The molecule has 21 heavy (non-hydrogen) atoms. The maximum atomic E-state index is 13.7. The summed E-state index contributed by atoms with van der Waals surface area (Å²) in [6.07, 6.45) is 3.61. The highest BCUT2D eigenvalue weighted by molar-refractivity contribution is 6.30. The first-order valence-electron chi connectivity index (χ1n) is 6.50. The van der Waals surface area contributed by atoms with Gasteiger partial charge in [0.25, 0.3) is 0 Å². The molecule has 3 rings (SSSR count). The zero-order valence-electron chi connectivity index (χ0n) is 11.1. The maximum absolute atomic E-state index is 13.7. The minimum absolute atomic E-state index is 0.303. The van der Waals surface area contributed by atoms with Gasteiger partial charge in [0.15, 0.2) is 0 Å². The van der Waals surface area contributed by atoms with Crippen LogP contribution < -0.4 is 5.32 Å². The van der Waals surface area contributed by atoms with Crippen molar-refractivity contribution < 1.29 is 4.39 Å². The van der Waals surface area contributed by atoms with Crippen LogP contribution in [0.2, 0.25) is 5.02 Å². The Morgan fingerprint density at radius 1 is 1.14 bits per heavy atom. The van der Waals surface area contributed by atoms with E-state index in [4.69, 9.17) is 11.6 Å². The van der Waals surface area contributed by atoms with Crippen molar-refractivity contribution in [3.8, 4) is 5.69 Å². The standard InChI is InChI=1S/C16H13ClFN3/c17-13-3-2-12(16(18)10-13)11-19-14-4-6-15(7-5-14)21-9-1-8-20-21/h1-10,19H,11H2. The molecule has 0 fully saturated rings. The Morgan fingerprint density at radius 3 is 2.62 bits per heavy atom. The summed E-state index contributed by atoms with van der Waals surface area (Å²) in [7, 11) is 0. The first kappa shape index (κ1) is 13.6. The number of benzene rings is 2.